The van der Waals surface area contributed by atoms with E-state index in [1.807, 2.05) is 0 Å². The van der Waals surface area contributed by atoms with Crippen molar-refractivity contribution in [1.82, 2.24) is 10.9 Å². The first-order valence-electron chi connectivity index (χ1n) is 4.46. The standard InChI is InChI=1S/C5H14N10.H2O4S/c1-3(13-15-5(7)12-9)2-10-14-4(6)11-8;1-5(2,3)4/h2H,8-9H2,1H3,(H3,6,11,14)(H3,7,12,15);(H2,1,2,3,4)/b10-2+,13-3+;. The Morgan fingerprint density at radius 1 is 1.10 bits per heavy atom. The number of hydrogen-bond acceptors (Lipinski definition) is 8. The molecular formula is C5H16N10O4S. The summed E-state index contributed by atoms with van der Waals surface area (Å²) < 4.78 is 31.6. The molecule has 0 aliphatic rings. The molecule has 0 aromatic carbocycles. The highest BCUT2D eigenvalue weighted by atomic mass is 32.3. The lowest BCUT2D eigenvalue weighted by Gasteiger charge is -1.97. The lowest BCUT2D eigenvalue weighted by atomic mass is 10.5. The first kappa shape index (κ1) is 19.7. The van der Waals surface area contributed by atoms with Crippen LogP contribution in [0.2, 0.25) is 0 Å². The molecule has 116 valence electrons. The summed E-state index contributed by atoms with van der Waals surface area (Å²) in [5, 5.41) is 13.7. The normalized spacial score (nSPS) is 13.7. The molecule has 20 heavy (non-hydrogen) atoms. The van der Waals surface area contributed by atoms with Gasteiger partial charge in [0.25, 0.3) is 0 Å². The summed E-state index contributed by atoms with van der Waals surface area (Å²) >= 11 is 0. The molecule has 0 unspecified atom stereocenters. The van der Waals surface area contributed by atoms with Crippen LogP contribution in [0.1, 0.15) is 6.92 Å². The molecule has 0 rings (SSSR count). The second-order valence-corrected chi connectivity index (χ2v) is 3.61. The van der Waals surface area contributed by atoms with E-state index in [1.165, 1.54) is 6.21 Å². The van der Waals surface area contributed by atoms with E-state index in [-0.39, 0.29) is 11.9 Å². The molecule has 0 radical (unpaired) electrons. The Hall–Kier alpha value is -2.65. The fourth-order valence-electron chi connectivity index (χ4n) is 0.424. The molecule has 12 N–H and O–H groups in total. The molecule has 14 nitrogen and oxygen atoms in total. The Morgan fingerprint density at radius 3 is 1.90 bits per heavy atom. The van der Waals surface area contributed by atoms with Crippen molar-refractivity contribution in [1.29, 1.82) is 0 Å². The topological polar surface area (TPSA) is 252 Å². The minimum Gasteiger partial charge on any atom is -0.367 e. The van der Waals surface area contributed by atoms with Crippen LogP contribution in [0.3, 0.4) is 0 Å². The smallest absolute Gasteiger partial charge is 0.367 e. The maximum Gasteiger partial charge on any atom is 0.394 e. The van der Waals surface area contributed by atoms with Crippen molar-refractivity contribution >= 4 is 34.2 Å². The maximum atomic E-state index is 8.74. The van der Waals surface area contributed by atoms with Crippen LogP contribution in [0, 0.1) is 0 Å². The van der Waals surface area contributed by atoms with Gasteiger partial charge in [0.1, 0.15) is 0 Å². The molecule has 0 aromatic rings. The predicted molar refractivity (Wildman–Crippen MR) is 73.7 cm³/mol. The van der Waals surface area contributed by atoms with E-state index in [0.29, 0.717) is 5.71 Å². The highest BCUT2D eigenvalue weighted by Crippen LogP contribution is 1.69. The van der Waals surface area contributed by atoms with Crippen LogP contribution < -0.4 is 34.0 Å². The van der Waals surface area contributed by atoms with Gasteiger partial charge >= 0.3 is 10.4 Å². The number of nitrogens with zero attached hydrogens (tertiary/aromatic N) is 4. The van der Waals surface area contributed by atoms with Crippen LogP contribution >= 0.6 is 0 Å². The zero-order valence-corrected chi connectivity index (χ0v) is 11.1. The monoisotopic (exact) mass is 312 g/mol. The van der Waals surface area contributed by atoms with E-state index in [0.717, 1.165) is 0 Å². The summed E-state index contributed by atoms with van der Waals surface area (Å²) in [5.41, 5.74) is 15.6. The predicted octanol–water partition coefficient (Wildman–Crippen LogP) is -3.75. The summed E-state index contributed by atoms with van der Waals surface area (Å²) in [6.45, 7) is 1.66. The Bertz CT molecular complexity index is 486. The van der Waals surface area contributed by atoms with Gasteiger partial charge in [0.05, 0.1) is 11.9 Å². The Kier molecular flexibility index (Phi) is 10.1. The minimum absolute atomic E-state index is 0.0151. The van der Waals surface area contributed by atoms with E-state index in [2.05, 4.69) is 31.3 Å². The Balaban J connectivity index is 0. The summed E-state index contributed by atoms with van der Waals surface area (Å²) in [5.74, 6) is 9.66. The Morgan fingerprint density at radius 2 is 1.50 bits per heavy atom. The summed E-state index contributed by atoms with van der Waals surface area (Å²) in [4.78, 5) is 0. The van der Waals surface area contributed by atoms with E-state index < -0.39 is 10.4 Å². The van der Waals surface area contributed by atoms with Gasteiger partial charge in [0.2, 0.25) is 11.9 Å². The molecule has 0 aliphatic carbocycles. The van der Waals surface area contributed by atoms with Crippen LogP contribution in [0.15, 0.2) is 20.4 Å². The Labute approximate surface area is 114 Å². The molecule has 0 saturated carbocycles. The third-order valence-electron chi connectivity index (χ3n) is 1.06. The highest BCUT2D eigenvalue weighted by Gasteiger charge is 1.88. The molecule has 0 spiro atoms. The van der Waals surface area contributed by atoms with Gasteiger partial charge in [0, 0.05) is 0 Å². The van der Waals surface area contributed by atoms with E-state index >= 15 is 0 Å². The van der Waals surface area contributed by atoms with Crippen LogP contribution in [0.4, 0.5) is 0 Å². The molecule has 0 atom stereocenters. The first-order chi connectivity index (χ1) is 9.10. The van der Waals surface area contributed by atoms with Crippen molar-refractivity contribution in [3.8, 4) is 0 Å². The van der Waals surface area contributed by atoms with Crippen LogP contribution in [-0.4, -0.2) is 41.4 Å². The molecule has 0 fully saturated rings. The number of hydrazone groups is 4. The fraction of sp³-hybridized carbons (Fsp3) is 0.200. The molecular weight excluding hydrogens is 296 g/mol. The van der Waals surface area contributed by atoms with Crippen LogP contribution in [-0.2, 0) is 10.4 Å². The van der Waals surface area contributed by atoms with Gasteiger partial charge < -0.3 is 23.2 Å². The summed E-state index contributed by atoms with van der Waals surface area (Å²) in [6, 6.07) is 0. The van der Waals surface area contributed by atoms with Crippen molar-refractivity contribution in [3.05, 3.63) is 0 Å². The van der Waals surface area contributed by atoms with Crippen molar-refractivity contribution in [2.45, 2.75) is 6.92 Å². The number of guanidine groups is 2. The van der Waals surface area contributed by atoms with E-state index in [1.54, 1.807) is 6.92 Å². The molecule has 0 amide bonds. The number of nitrogens with two attached hydrogens (primary N) is 4. The molecule has 0 bridgehead atoms. The van der Waals surface area contributed by atoms with Crippen molar-refractivity contribution in [2.24, 2.45) is 43.6 Å². The maximum absolute atomic E-state index is 8.74. The van der Waals surface area contributed by atoms with Crippen LogP contribution in [0.25, 0.3) is 0 Å². The minimum atomic E-state index is -4.67. The van der Waals surface area contributed by atoms with Gasteiger partial charge in [-0.3, -0.25) is 9.11 Å². The lowest BCUT2D eigenvalue weighted by molar-refractivity contribution is 0.381. The van der Waals surface area contributed by atoms with Gasteiger partial charge in [-0.25, -0.2) is 10.9 Å². The van der Waals surface area contributed by atoms with Gasteiger partial charge in [0.15, 0.2) is 0 Å². The average Bonchev–Trinajstić information content (AvgIpc) is 2.33. The summed E-state index contributed by atoms with van der Waals surface area (Å²) in [7, 11) is -4.67. The molecule has 0 aromatic heterocycles. The van der Waals surface area contributed by atoms with E-state index in [4.69, 9.17) is 40.7 Å². The second kappa shape index (κ2) is 10.3. The van der Waals surface area contributed by atoms with E-state index in [9.17, 15) is 0 Å². The van der Waals surface area contributed by atoms with Crippen molar-refractivity contribution < 1.29 is 17.5 Å². The summed E-state index contributed by atoms with van der Waals surface area (Å²) in [6.07, 6.45) is 1.37. The molecule has 0 aliphatic heterocycles. The highest BCUT2D eigenvalue weighted by molar-refractivity contribution is 7.79. The first-order valence-corrected chi connectivity index (χ1v) is 5.85. The zero-order chi connectivity index (χ0) is 16.2. The zero-order valence-electron chi connectivity index (χ0n) is 10.3. The largest absolute Gasteiger partial charge is 0.394 e. The van der Waals surface area contributed by atoms with Crippen molar-refractivity contribution in [3.63, 3.8) is 0 Å². The van der Waals surface area contributed by atoms with Gasteiger partial charge in [-0.2, -0.15) is 18.6 Å². The van der Waals surface area contributed by atoms with Gasteiger partial charge in [-0.15, -0.1) is 10.2 Å². The molecule has 15 heteroatoms. The lowest BCUT2D eigenvalue weighted by Crippen LogP contribution is -2.30. The van der Waals surface area contributed by atoms with Crippen LogP contribution in [0.5, 0.6) is 0 Å². The molecule has 0 heterocycles. The van der Waals surface area contributed by atoms with Gasteiger partial charge in [-0.1, -0.05) is 0 Å². The van der Waals surface area contributed by atoms with Crippen molar-refractivity contribution in [2.75, 3.05) is 0 Å². The van der Waals surface area contributed by atoms with Gasteiger partial charge in [-0.05, 0) is 6.92 Å². The number of nitrogens with one attached hydrogen (secondary N) is 2. The third kappa shape index (κ3) is 20.7. The number of hydrogen-bond donors (Lipinski definition) is 8. The third-order valence-corrected chi connectivity index (χ3v) is 1.06. The number of rotatable bonds is 3. The average molecular weight is 312 g/mol. The second-order valence-electron chi connectivity index (χ2n) is 2.71. The molecule has 0 saturated heterocycles. The quantitative estimate of drug-likeness (QED) is 0.0829. The SMILES string of the molecule is CC(/C=N/N/C(N)=N\N)=N\NC(N)=NN.O=S(=O)(O)O. The fourth-order valence-corrected chi connectivity index (χ4v) is 0.424.